The Morgan fingerprint density at radius 2 is 2.26 bits per heavy atom. The van der Waals surface area contributed by atoms with E-state index < -0.39 is 11.4 Å². The van der Waals surface area contributed by atoms with Crippen LogP contribution in [0.5, 0.6) is 0 Å². The Hall–Kier alpha value is -1.40. The fraction of sp³-hybridized carbons (Fsp3) is 0.765. The van der Waals surface area contributed by atoms with E-state index in [-0.39, 0.29) is 5.41 Å². The van der Waals surface area contributed by atoms with Gasteiger partial charge in [-0.1, -0.05) is 20.8 Å². The van der Waals surface area contributed by atoms with Crippen molar-refractivity contribution in [3.05, 3.63) is 17.5 Å². The largest absolute Gasteiger partial charge is 0.481 e. The molecular weight excluding hydrogens is 294 g/mol. The Labute approximate surface area is 138 Å². The molecule has 0 aromatic carbocycles. The zero-order chi connectivity index (χ0) is 17.1. The monoisotopic (exact) mass is 323 g/mol. The van der Waals surface area contributed by atoms with Crippen molar-refractivity contribution in [3.8, 4) is 0 Å². The van der Waals surface area contributed by atoms with Gasteiger partial charge in [-0.2, -0.15) is 5.10 Å². The van der Waals surface area contributed by atoms with Crippen molar-refractivity contribution >= 4 is 5.97 Å². The predicted octanol–water partition coefficient (Wildman–Crippen LogP) is 2.41. The number of nitrogens with one attached hydrogen (secondary N) is 1. The number of carboxylic acid groups (broad SMARTS) is 1. The Balaban J connectivity index is 2.05. The highest BCUT2D eigenvalue weighted by atomic mass is 16.5. The molecule has 6 heteroatoms. The summed E-state index contributed by atoms with van der Waals surface area (Å²) in [6.45, 7) is 9.08. The van der Waals surface area contributed by atoms with E-state index in [2.05, 4.69) is 41.9 Å². The minimum Gasteiger partial charge on any atom is -0.481 e. The van der Waals surface area contributed by atoms with Gasteiger partial charge >= 0.3 is 5.97 Å². The molecule has 6 nitrogen and oxygen atoms in total. The van der Waals surface area contributed by atoms with Gasteiger partial charge in [-0.15, -0.1) is 0 Å². The summed E-state index contributed by atoms with van der Waals surface area (Å²) < 4.78 is 5.12. The lowest BCUT2D eigenvalue weighted by atomic mass is 9.77. The van der Waals surface area contributed by atoms with Crippen LogP contribution in [0.2, 0.25) is 0 Å². The van der Waals surface area contributed by atoms with Crippen LogP contribution in [0.3, 0.4) is 0 Å². The smallest absolute Gasteiger partial charge is 0.311 e. The number of H-pyrrole nitrogens is 1. The molecule has 0 aliphatic carbocycles. The van der Waals surface area contributed by atoms with Crippen molar-refractivity contribution in [1.82, 2.24) is 15.1 Å². The first-order valence-corrected chi connectivity index (χ1v) is 8.26. The topological polar surface area (TPSA) is 78.5 Å². The standard InChI is InChI=1S/C17H29N3O3/c1-16(2,3)14-10-13(18-19-14)11-20-8-5-6-17(12-20,15(21)22)7-9-23-4/h10H,5-9,11-12H2,1-4H3,(H,18,19)(H,21,22)/t17-/m0/s1. The predicted molar refractivity (Wildman–Crippen MR) is 88.4 cm³/mol. The highest BCUT2D eigenvalue weighted by molar-refractivity contribution is 5.75. The highest BCUT2D eigenvalue weighted by Crippen LogP contribution is 2.34. The number of nitrogens with zero attached hydrogens (tertiary/aromatic N) is 2. The third kappa shape index (κ3) is 4.32. The van der Waals surface area contributed by atoms with Crippen molar-refractivity contribution < 1.29 is 14.6 Å². The first-order chi connectivity index (χ1) is 10.8. The van der Waals surface area contributed by atoms with E-state index in [1.165, 1.54) is 0 Å². The average molecular weight is 323 g/mol. The van der Waals surface area contributed by atoms with Gasteiger partial charge in [0.25, 0.3) is 0 Å². The number of hydrogen-bond donors (Lipinski definition) is 2. The van der Waals surface area contributed by atoms with Crippen LogP contribution >= 0.6 is 0 Å². The number of piperidine rings is 1. The van der Waals surface area contributed by atoms with Gasteiger partial charge in [-0.3, -0.25) is 14.8 Å². The lowest BCUT2D eigenvalue weighted by Crippen LogP contribution is -2.48. The maximum atomic E-state index is 11.8. The summed E-state index contributed by atoms with van der Waals surface area (Å²) in [6.07, 6.45) is 2.18. The number of aliphatic carboxylic acids is 1. The SMILES string of the molecule is COCC[C@@]1(C(=O)O)CCCN(Cc2cc(C(C)(C)C)n[nH]2)C1. The first-order valence-electron chi connectivity index (χ1n) is 8.26. The molecule has 130 valence electrons. The molecule has 2 rings (SSSR count). The van der Waals surface area contributed by atoms with E-state index in [1.54, 1.807) is 7.11 Å². The van der Waals surface area contributed by atoms with Gasteiger partial charge in [0.15, 0.2) is 0 Å². The van der Waals surface area contributed by atoms with Crippen LogP contribution in [0, 0.1) is 5.41 Å². The van der Waals surface area contributed by atoms with Gasteiger partial charge in [0.1, 0.15) is 0 Å². The summed E-state index contributed by atoms with van der Waals surface area (Å²) in [5.41, 5.74) is 1.40. The molecule has 1 aromatic heterocycles. The van der Waals surface area contributed by atoms with E-state index in [0.717, 1.165) is 30.8 Å². The molecule has 0 spiro atoms. The second-order valence-electron chi connectivity index (χ2n) is 7.67. The Kier molecular flexibility index (Phi) is 5.47. The van der Waals surface area contributed by atoms with E-state index in [4.69, 9.17) is 4.74 Å². The molecule has 1 fully saturated rings. The van der Waals surface area contributed by atoms with E-state index in [9.17, 15) is 9.90 Å². The average Bonchev–Trinajstić information content (AvgIpc) is 2.94. The Morgan fingerprint density at radius 1 is 1.52 bits per heavy atom. The number of rotatable bonds is 6. The molecule has 0 bridgehead atoms. The van der Waals surface area contributed by atoms with Gasteiger partial charge in [0.05, 0.1) is 11.1 Å². The van der Waals surface area contributed by atoms with Crippen molar-refractivity contribution in [1.29, 1.82) is 0 Å². The molecule has 1 aliphatic rings. The normalized spacial score (nSPS) is 23.1. The summed E-state index contributed by atoms with van der Waals surface area (Å²) in [5.74, 6) is -0.709. The minimum atomic E-state index is -0.709. The molecule has 0 saturated carbocycles. The fourth-order valence-electron chi connectivity index (χ4n) is 3.21. The van der Waals surface area contributed by atoms with Crippen LogP contribution in [0.15, 0.2) is 6.07 Å². The molecular formula is C17H29N3O3. The molecule has 1 aliphatic heterocycles. The third-order valence-electron chi connectivity index (χ3n) is 4.69. The van der Waals surface area contributed by atoms with Gasteiger partial charge in [0, 0.05) is 37.9 Å². The molecule has 1 saturated heterocycles. The number of ether oxygens (including phenoxy) is 1. The summed E-state index contributed by atoms with van der Waals surface area (Å²) in [7, 11) is 1.62. The number of likely N-dealkylation sites (tertiary alicyclic amines) is 1. The molecule has 0 amide bonds. The number of hydrogen-bond acceptors (Lipinski definition) is 4. The van der Waals surface area contributed by atoms with Crippen LogP contribution in [0.25, 0.3) is 0 Å². The molecule has 1 atom stereocenters. The Morgan fingerprint density at radius 3 is 2.83 bits per heavy atom. The van der Waals surface area contributed by atoms with Crippen molar-refractivity contribution in [2.45, 2.75) is 52.0 Å². The summed E-state index contributed by atoms with van der Waals surface area (Å²) >= 11 is 0. The molecule has 23 heavy (non-hydrogen) atoms. The maximum absolute atomic E-state index is 11.8. The van der Waals surface area contributed by atoms with E-state index >= 15 is 0 Å². The number of aromatic nitrogens is 2. The quantitative estimate of drug-likeness (QED) is 0.840. The number of carboxylic acids is 1. The van der Waals surface area contributed by atoms with Gasteiger partial charge in [-0.25, -0.2) is 0 Å². The second kappa shape index (κ2) is 7.01. The van der Waals surface area contributed by atoms with Crippen LogP contribution < -0.4 is 0 Å². The van der Waals surface area contributed by atoms with Crippen molar-refractivity contribution in [3.63, 3.8) is 0 Å². The van der Waals surface area contributed by atoms with Crippen LogP contribution in [0.1, 0.15) is 51.4 Å². The van der Waals surface area contributed by atoms with Crippen molar-refractivity contribution in [2.75, 3.05) is 26.8 Å². The van der Waals surface area contributed by atoms with Crippen LogP contribution in [-0.2, 0) is 21.5 Å². The number of methoxy groups -OCH3 is 1. The van der Waals surface area contributed by atoms with Crippen LogP contribution in [-0.4, -0.2) is 53.0 Å². The zero-order valence-corrected chi connectivity index (χ0v) is 14.7. The molecule has 2 heterocycles. The van der Waals surface area contributed by atoms with Crippen LogP contribution in [0.4, 0.5) is 0 Å². The molecule has 2 N–H and O–H groups in total. The highest BCUT2D eigenvalue weighted by Gasteiger charge is 2.42. The number of aromatic amines is 1. The van der Waals surface area contributed by atoms with E-state index in [0.29, 0.717) is 26.1 Å². The summed E-state index contributed by atoms with van der Waals surface area (Å²) in [6, 6.07) is 2.09. The number of carbonyl (C=O) groups is 1. The molecule has 0 radical (unpaired) electrons. The third-order valence-corrected chi connectivity index (χ3v) is 4.69. The van der Waals surface area contributed by atoms with Gasteiger partial charge in [0.2, 0.25) is 0 Å². The minimum absolute atomic E-state index is 0.0138. The summed E-state index contributed by atoms with van der Waals surface area (Å²) in [4.78, 5) is 14.0. The van der Waals surface area contributed by atoms with Crippen molar-refractivity contribution in [2.24, 2.45) is 5.41 Å². The summed E-state index contributed by atoms with van der Waals surface area (Å²) in [5, 5.41) is 17.2. The maximum Gasteiger partial charge on any atom is 0.311 e. The second-order valence-corrected chi connectivity index (χ2v) is 7.67. The van der Waals surface area contributed by atoms with E-state index in [1.807, 2.05) is 0 Å². The lowest BCUT2D eigenvalue weighted by Gasteiger charge is -2.39. The Bertz CT molecular complexity index is 535. The van der Waals surface area contributed by atoms with Gasteiger partial charge < -0.3 is 9.84 Å². The van der Waals surface area contributed by atoms with Gasteiger partial charge in [-0.05, 0) is 31.9 Å². The lowest BCUT2D eigenvalue weighted by molar-refractivity contribution is -0.154. The molecule has 0 unspecified atom stereocenters. The molecule has 1 aromatic rings. The fourth-order valence-corrected chi connectivity index (χ4v) is 3.21. The first kappa shape index (κ1) is 17.9. The zero-order valence-electron chi connectivity index (χ0n) is 14.7.